The summed E-state index contributed by atoms with van der Waals surface area (Å²) in [5, 5.41) is 2.37. The van der Waals surface area contributed by atoms with Gasteiger partial charge < -0.3 is 9.22 Å². The Bertz CT molecular complexity index is 1310. The van der Waals surface area contributed by atoms with E-state index in [1.54, 1.807) is 0 Å². The van der Waals surface area contributed by atoms with Gasteiger partial charge in [-0.1, -0.05) is 114 Å². The van der Waals surface area contributed by atoms with Gasteiger partial charge in [-0.25, -0.2) is 0 Å². The minimum absolute atomic E-state index is 0.0297. The number of carbonyl (C=O) groups is 1. The Morgan fingerprint density at radius 1 is 0.930 bits per heavy atom. The van der Waals surface area contributed by atoms with E-state index in [4.69, 9.17) is 8.61 Å². The van der Waals surface area contributed by atoms with E-state index in [-0.39, 0.29) is 59.2 Å². The van der Waals surface area contributed by atoms with Gasteiger partial charge in [-0.05, 0) is 77.1 Å². The maximum absolute atomic E-state index is 12.4. The van der Waals surface area contributed by atoms with Crippen molar-refractivity contribution in [3.8, 4) is 0 Å². The highest BCUT2D eigenvalue weighted by Crippen LogP contribution is 2.52. The summed E-state index contributed by atoms with van der Waals surface area (Å²) in [7, 11) is -6.36. The average Bonchev–Trinajstić information content (AvgIpc) is 2.94. The minimum atomic E-state index is -3.55. The number of carbonyl (C=O) groups excluding carboxylic acids is 1. The molecule has 4 rings (SSSR count). The summed E-state index contributed by atoms with van der Waals surface area (Å²) < 4.78 is 37.3. The molecule has 236 valence electrons. The molecule has 43 heavy (non-hydrogen) atoms. The number of benzene rings is 2. The van der Waals surface area contributed by atoms with E-state index in [0.29, 0.717) is 0 Å². The molecule has 1 fully saturated rings. The third-order valence-corrected chi connectivity index (χ3v) is 15.8. The highest BCUT2D eigenvalue weighted by molar-refractivity contribution is 7.85. The molecule has 0 heterocycles. The lowest BCUT2D eigenvalue weighted by Crippen LogP contribution is -2.68. The molecule has 7 atom stereocenters. The average molecular weight is 625 g/mol. The van der Waals surface area contributed by atoms with Crippen LogP contribution in [-0.4, -0.2) is 42.0 Å². The molecule has 0 aromatic heterocycles. The van der Waals surface area contributed by atoms with Gasteiger partial charge in [-0.15, -0.1) is 0 Å². The van der Waals surface area contributed by atoms with Crippen LogP contribution in [0, 0.1) is 41.4 Å². The van der Waals surface area contributed by atoms with Gasteiger partial charge >= 0.3 is 0 Å². The molecule has 7 heteroatoms. The first-order valence-corrected chi connectivity index (χ1v) is 19.7. The lowest BCUT2D eigenvalue weighted by molar-refractivity contribution is -0.114. The first kappa shape index (κ1) is 33.8. The smallest absolute Gasteiger partial charge is 0.264 e. The Morgan fingerprint density at radius 3 is 1.95 bits per heavy atom. The van der Waals surface area contributed by atoms with E-state index >= 15 is 0 Å². The maximum atomic E-state index is 12.4. The molecular weight excluding hydrogens is 573 g/mol. The van der Waals surface area contributed by atoms with Crippen LogP contribution >= 0.6 is 0 Å². The summed E-state index contributed by atoms with van der Waals surface area (Å²) in [6.07, 6.45) is 7.26. The normalized spacial score (nSPS) is 26.3. The van der Waals surface area contributed by atoms with Crippen molar-refractivity contribution in [1.29, 1.82) is 0 Å². The van der Waals surface area contributed by atoms with Crippen LogP contribution < -0.4 is 10.4 Å². The number of hydrogen-bond donors (Lipinski definition) is 0. The van der Waals surface area contributed by atoms with Crippen molar-refractivity contribution in [2.45, 2.75) is 78.9 Å². The van der Waals surface area contributed by atoms with E-state index in [9.17, 15) is 13.2 Å². The zero-order chi connectivity index (χ0) is 31.6. The molecule has 0 N–H and O–H groups in total. The fourth-order valence-corrected chi connectivity index (χ4v) is 13.3. The topological polar surface area (TPSA) is 69.7 Å². The third kappa shape index (κ3) is 7.43. The van der Waals surface area contributed by atoms with Gasteiger partial charge in [0.1, 0.15) is 6.29 Å². The number of allylic oxidation sites excluding steroid dienone is 2. The summed E-state index contributed by atoms with van der Waals surface area (Å²) in [6.45, 7) is 15.7. The van der Waals surface area contributed by atoms with Crippen molar-refractivity contribution >= 4 is 35.1 Å². The van der Waals surface area contributed by atoms with Gasteiger partial charge in [0.25, 0.3) is 18.4 Å². The maximum Gasteiger partial charge on any atom is 0.264 e. The van der Waals surface area contributed by atoms with Crippen LogP contribution in [0.2, 0.25) is 5.04 Å². The van der Waals surface area contributed by atoms with Crippen molar-refractivity contribution < 1.29 is 21.8 Å². The second-order valence-corrected chi connectivity index (χ2v) is 20.4. The first-order valence-electron chi connectivity index (χ1n) is 15.9. The summed E-state index contributed by atoms with van der Waals surface area (Å²) in [5.41, 5.74) is 1.32. The molecule has 0 saturated heterocycles. The van der Waals surface area contributed by atoms with Crippen molar-refractivity contribution in [1.82, 2.24) is 0 Å². The number of fused-ring (bicyclic) bond motifs is 1. The van der Waals surface area contributed by atoms with Crippen LogP contribution in [0.1, 0.15) is 67.7 Å². The predicted octanol–water partition coefficient (Wildman–Crippen LogP) is 6.62. The van der Waals surface area contributed by atoms with E-state index in [2.05, 4.69) is 115 Å². The molecule has 2 aromatic carbocycles. The number of hydrogen-bond acceptors (Lipinski definition) is 5. The monoisotopic (exact) mass is 624 g/mol. The quantitative estimate of drug-likeness (QED) is 0.122. The molecule has 0 radical (unpaired) electrons. The Kier molecular flexibility index (Phi) is 10.6. The molecule has 0 spiro atoms. The summed E-state index contributed by atoms with van der Waals surface area (Å²) in [6, 6.07) is 21.5. The Hall–Kier alpha value is -2.06. The molecule has 2 aliphatic rings. The van der Waals surface area contributed by atoms with Crippen LogP contribution in [0.4, 0.5) is 0 Å². The largest absolute Gasteiger partial charge is 0.404 e. The molecule has 0 aliphatic heterocycles. The van der Waals surface area contributed by atoms with E-state index in [1.165, 1.54) is 15.9 Å². The third-order valence-electron chi connectivity index (χ3n) is 10.2. The van der Waals surface area contributed by atoms with Crippen molar-refractivity contribution in [2.24, 2.45) is 41.4 Å². The lowest BCUT2D eigenvalue weighted by atomic mass is 9.56. The van der Waals surface area contributed by atoms with Gasteiger partial charge in [0.15, 0.2) is 0 Å². The number of rotatable bonds is 11. The molecular formula is C36H52O5SSi. The van der Waals surface area contributed by atoms with Gasteiger partial charge in [0, 0.05) is 12.0 Å². The summed E-state index contributed by atoms with van der Waals surface area (Å²) in [4.78, 5) is 12.4. The molecule has 0 unspecified atom stereocenters. The Labute approximate surface area is 261 Å². The van der Waals surface area contributed by atoms with Crippen LogP contribution in [0.3, 0.4) is 0 Å². The van der Waals surface area contributed by atoms with Crippen LogP contribution in [0.25, 0.3) is 0 Å². The van der Waals surface area contributed by atoms with Gasteiger partial charge in [-0.3, -0.25) is 4.18 Å². The van der Waals surface area contributed by atoms with Crippen molar-refractivity contribution in [3.63, 3.8) is 0 Å². The fraction of sp³-hybridized carbons (Fsp3) is 0.583. The van der Waals surface area contributed by atoms with Crippen LogP contribution in [-0.2, 0) is 23.5 Å². The molecule has 2 aliphatic carbocycles. The Balaban J connectivity index is 1.82. The van der Waals surface area contributed by atoms with Gasteiger partial charge in [0.2, 0.25) is 0 Å². The SMILES string of the molecule is CC1=C[C@@H]2[C@H]([C@H](C)C=O)C[C@@H](O[Si](c3ccccc3)(c3ccccc3)C(C)(C)C)C[C@@H]2[C@H]([C@H](COS(C)(=O)=O)C(C)C)C1. The standard InChI is InChI=1S/C36H52O5SSi/c1-25(2)35(24-40-42(8,38)39)33-20-26(3)19-32-31(27(4)23-37)21-28(22-34(32)33)41-43(36(5,6)7,29-15-11-9-12-16-29)30-17-13-10-14-18-30/h9-19,23,25,27-28,31-35H,20-22,24H2,1-8H3/t27-,28-,31+,32-,33-,34+,35-/m1/s1. The van der Waals surface area contributed by atoms with Gasteiger partial charge in [0.05, 0.1) is 12.9 Å². The Morgan fingerprint density at radius 2 is 1.49 bits per heavy atom. The highest BCUT2D eigenvalue weighted by Gasteiger charge is 2.54. The first-order chi connectivity index (χ1) is 20.2. The summed E-state index contributed by atoms with van der Waals surface area (Å²) >= 11 is 0. The zero-order valence-electron chi connectivity index (χ0n) is 27.3. The molecule has 0 amide bonds. The van der Waals surface area contributed by atoms with E-state index in [1.807, 2.05) is 0 Å². The van der Waals surface area contributed by atoms with Crippen LogP contribution in [0.15, 0.2) is 72.3 Å². The van der Waals surface area contributed by atoms with Crippen molar-refractivity contribution in [3.05, 3.63) is 72.3 Å². The van der Waals surface area contributed by atoms with Gasteiger partial charge in [-0.2, -0.15) is 8.42 Å². The second-order valence-electron chi connectivity index (χ2n) is 14.6. The van der Waals surface area contributed by atoms with Crippen molar-refractivity contribution in [2.75, 3.05) is 12.9 Å². The summed E-state index contributed by atoms with van der Waals surface area (Å²) in [5.74, 6) is 1.12. The molecule has 5 nitrogen and oxygen atoms in total. The molecule has 1 saturated carbocycles. The predicted molar refractivity (Wildman–Crippen MR) is 178 cm³/mol. The fourth-order valence-electron chi connectivity index (χ4n) is 8.15. The lowest BCUT2D eigenvalue weighted by Gasteiger charge is -2.53. The zero-order valence-corrected chi connectivity index (χ0v) is 29.1. The highest BCUT2D eigenvalue weighted by atomic mass is 32.2. The molecule has 2 aromatic rings. The van der Waals surface area contributed by atoms with E-state index in [0.717, 1.165) is 31.8 Å². The second kappa shape index (κ2) is 13.5. The number of aldehydes is 1. The molecule has 0 bridgehead atoms. The minimum Gasteiger partial charge on any atom is -0.404 e. The van der Waals surface area contributed by atoms with Crippen LogP contribution in [0.5, 0.6) is 0 Å². The van der Waals surface area contributed by atoms with E-state index < -0.39 is 18.4 Å².